The van der Waals surface area contributed by atoms with Gasteiger partial charge in [0, 0.05) is 29.1 Å². The van der Waals surface area contributed by atoms with Crippen LogP contribution in [-0.4, -0.2) is 20.9 Å². The van der Waals surface area contributed by atoms with Gasteiger partial charge in [-0.1, -0.05) is 23.7 Å². The van der Waals surface area contributed by atoms with Gasteiger partial charge < -0.3 is 0 Å². The average Bonchev–Trinajstić information content (AvgIpc) is 2.91. The molecule has 0 spiro atoms. The summed E-state index contributed by atoms with van der Waals surface area (Å²) in [6.07, 6.45) is 1.53. The summed E-state index contributed by atoms with van der Waals surface area (Å²) in [5, 5.41) is 14.3. The zero-order valence-corrected chi connectivity index (χ0v) is 14.6. The molecule has 1 heterocycles. The minimum absolute atomic E-state index is 0.0326. The monoisotopic (exact) mass is 370 g/mol. The van der Waals surface area contributed by atoms with Gasteiger partial charge >= 0.3 is 0 Å². The molecule has 0 aliphatic rings. The van der Waals surface area contributed by atoms with Crippen LogP contribution in [0.25, 0.3) is 5.69 Å². The molecule has 0 fully saturated rings. The highest BCUT2D eigenvalue weighted by molar-refractivity contribution is 6.30. The van der Waals surface area contributed by atoms with Gasteiger partial charge in [-0.2, -0.15) is 0 Å². The summed E-state index contributed by atoms with van der Waals surface area (Å²) in [4.78, 5) is 27.1. The fourth-order valence-corrected chi connectivity index (χ4v) is 2.57. The van der Waals surface area contributed by atoms with Gasteiger partial charge in [0.05, 0.1) is 22.7 Å². The number of halogens is 1. The van der Waals surface area contributed by atoms with Gasteiger partial charge in [-0.3, -0.25) is 25.0 Å². The summed E-state index contributed by atoms with van der Waals surface area (Å²) >= 11 is 5.85. The number of H-pyrrole nitrogens is 1. The van der Waals surface area contributed by atoms with Gasteiger partial charge in [-0.05, 0) is 36.8 Å². The molecule has 0 atom stereocenters. The molecule has 0 saturated carbocycles. The maximum absolute atomic E-state index is 12.6. The topological polar surface area (TPSA) is 93.3 Å². The summed E-state index contributed by atoms with van der Waals surface area (Å²) in [6, 6.07) is 13.1. The number of aryl methyl sites for hydroxylation is 1. The molecule has 0 amide bonds. The highest BCUT2D eigenvalue weighted by Gasteiger charge is 2.12. The Kier molecular flexibility index (Phi) is 4.99. The first-order chi connectivity index (χ1) is 12.5. The molecular weight excluding hydrogens is 356 g/mol. The summed E-state index contributed by atoms with van der Waals surface area (Å²) < 4.78 is 1.34. The average molecular weight is 371 g/mol. The number of hydrogen-bond donors (Lipinski definition) is 1. The Labute approximate surface area is 153 Å². The van der Waals surface area contributed by atoms with Crippen LogP contribution in [0.15, 0.2) is 58.3 Å². The van der Waals surface area contributed by atoms with E-state index in [2.05, 4.69) is 10.1 Å². The molecule has 3 rings (SSSR count). The Bertz CT molecular complexity index is 1020. The van der Waals surface area contributed by atoms with E-state index in [0.29, 0.717) is 28.5 Å². The van der Waals surface area contributed by atoms with Crippen molar-refractivity contribution < 1.29 is 4.92 Å². The molecule has 1 aromatic heterocycles. The molecule has 3 aromatic rings. The number of nitro groups is 1. The number of aliphatic imine (C=N–C) groups is 1. The first-order valence-corrected chi connectivity index (χ1v) is 8.14. The van der Waals surface area contributed by atoms with E-state index in [0.717, 1.165) is 5.56 Å². The van der Waals surface area contributed by atoms with E-state index in [1.807, 2.05) is 12.1 Å². The van der Waals surface area contributed by atoms with Crippen molar-refractivity contribution in [2.75, 3.05) is 0 Å². The van der Waals surface area contributed by atoms with Crippen molar-refractivity contribution in [3.8, 4) is 5.69 Å². The van der Waals surface area contributed by atoms with Crippen LogP contribution in [0, 0.1) is 17.0 Å². The Morgan fingerprint density at radius 2 is 1.85 bits per heavy atom. The molecular formula is C18H15ClN4O3. The van der Waals surface area contributed by atoms with Crippen LogP contribution >= 0.6 is 11.6 Å². The molecule has 0 aliphatic heterocycles. The van der Waals surface area contributed by atoms with Crippen molar-refractivity contribution in [1.82, 2.24) is 9.78 Å². The lowest BCUT2D eigenvalue weighted by molar-refractivity contribution is -0.384. The lowest BCUT2D eigenvalue weighted by Crippen LogP contribution is -2.17. The second-order valence-corrected chi connectivity index (χ2v) is 6.10. The zero-order chi connectivity index (χ0) is 18.7. The van der Waals surface area contributed by atoms with Crippen molar-refractivity contribution in [3.05, 3.63) is 90.8 Å². The molecule has 0 saturated heterocycles. The number of aromatic nitrogens is 2. The first-order valence-electron chi connectivity index (χ1n) is 7.76. The van der Waals surface area contributed by atoms with E-state index in [4.69, 9.17) is 11.6 Å². The van der Waals surface area contributed by atoms with Crippen molar-refractivity contribution in [2.24, 2.45) is 4.99 Å². The fraction of sp³-hybridized carbons (Fsp3) is 0.111. The van der Waals surface area contributed by atoms with Gasteiger partial charge in [-0.15, -0.1) is 0 Å². The highest BCUT2D eigenvalue weighted by atomic mass is 35.5. The minimum atomic E-state index is -0.485. The van der Waals surface area contributed by atoms with E-state index in [1.165, 1.54) is 35.2 Å². The SMILES string of the molecule is Cc1[nH]n(-c2ccc([N+](=O)[O-])cc2)c(=O)c1C=NCc1ccc(Cl)cc1. The second kappa shape index (κ2) is 7.37. The molecule has 8 heteroatoms. The van der Waals surface area contributed by atoms with E-state index in [1.54, 1.807) is 19.1 Å². The van der Waals surface area contributed by atoms with E-state index < -0.39 is 4.92 Å². The van der Waals surface area contributed by atoms with Gasteiger partial charge in [0.25, 0.3) is 11.2 Å². The fourth-order valence-electron chi connectivity index (χ4n) is 2.45. The van der Waals surface area contributed by atoms with Crippen molar-refractivity contribution in [3.63, 3.8) is 0 Å². The largest absolute Gasteiger partial charge is 0.295 e. The van der Waals surface area contributed by atoms with Crippen LogP contribution in [-0.2, 0) is 6.54 Å². The van der Waals surface area contributed by atoms with Gasteiger partial charge in [0.2, 0.25) is 0 Å². The molecule has 0 unspecified atom stereocenters. The van der Waals surface area contributed by atoms with E-state index in [-0.39, 0.29) is 11.2 Å². The number of aromatic amines is 1. The smallest absolute Gasteiger partial charge is 0.280 e. The lowest BCUT2D eigenvalue weighted by atomic mass is 10.2. The number of benzene rings is 2. The Hall–Kier alpha value is -3.19. The maximum Gasteiger partial charge on any atom is 0.280 e. The van der Waals surface area contributed by atoms with Crippen LogP contribution < -0.4 is 5.56 Å². The molecule has 0 radical (unpaired) electrons. The quantitative estimate of drug-likeness (QED) is 0.422. The van der Waals surface area contributed by atoms with Crippen LogP contribution in [0.4, 0.5) is 5.69 Å². The predicted octanol–water partition coefficient (Wildman–Crippen LogP) is 3.65. The van der Waals surface area contributed by atoms with Crippen molar-refractivity contribution in [1.29, 1.82) is 0 Å². The molecule has 26 heavy (non-hydrogen) atoms. The van der Waals surface area contributed by atoms with E-state index in [9.17, 15) is 14.9 Å². The highest BCUT2D eigenvalue weighted by Crippen LogP contribution is 2.14. The van der Waals surface area contributed by atoms with Gasteiger partial charge in [0.1, 0.15) is 0 Å². The first kappa shape index (κ1) is 17.6. The Balaban J connectivity index is 1.83. The van der Waals surface area contributed by atoms with E-state index >= 15 is 0 Å². The second-order valence-electron chi connectivity index (χ2n) is 5.66. The molecule has 2 aromatic carbocycles. The number of hydrogen-bond acceptors (Lipinski definition) is 4. The van der Waals surface area contributed by atoms with Crippen LogP contribution in [0.1, 0.15) is 16.8 Å². The maximum atomic E-state index is 12.6. The van der Waals surface area contributed by atoms with Crippen LogP contribution in [0.3, 0.4) is 0 Å². The van der Waals surface area contributed by atoms with Crippen molar-refractivity contribution in [2.45, 2.75) is 13.5 Å². The molecule has 132 valence electrons. The Morgan fingerprint density at radius 1 is 1.19 bits per heavy atom. The van der Waals surface area contributed by atoms with Gasteiger partial charge in [0.15, 0.2) is 0 Å². The number of nitrogens with one attached hydrogen (secondary N) is 1. The molecule has 0 aliphatic carbocycles. The lowest BCUT2D eigenvalue weighted by Gasteiger charge is -2.00. The number of nitrogens with zero attached hydrogens (tertiary/aromatic N) is 3. The third-order valence-corrected chi connectivity index (χ3v) is 4.10. The summed E-state index contributed by atoms with van der Waals surface area (Å²) in [5.74, 6) is 0. The zero-order valence-electron chi connectivity index (χ0n) is 13.8. The molecule has 1 N–H and O–H groups in total. The predicted molar refractivity (Wildman–Crippen MR) is 101 cm³/mol. The third-order valence-electron chi connectivity index (χ3n) is 3.84. The van der Waals surface area contributed by atoms with Gasteiger partial charge in [-0.25, -0.2) is 4.68 Å². The Morgan fingerprint density at radius 3 is 2.46 bits per heavy atom. The minimum Gasteiger partial charge on any atom is -0.295 e. The number of non-ortho nitro benzene ring substituents is 1. The standard InChI is InChI=1S/C18H15ClN4O3/c1-12-17(11-20-10-13-2-4-14(19)5-3-13)18(24)22(21-12)15-6-8-16(9-7-15)23(25)26/h2-9,11,21H,10H2,1H3. The normalized spacial score (nSPS) is 11.2. The summed E-state index contributed by atoms with van der Waals surface area (Å²) in [7, 11) is 0. The summed E-state index contributed by atoms with van der Waals surface area (Å²) in [6.45, 7) is 2.20. The molecule has 7 nitrogen and oxygen atoms in total. The van der Waals surface area contributed by atoms with Crippen LogP contribution in [0.5, 0.6) is 0 Å². The van der Waals surface area contributed by atoms with Crippen LogP contribution in [0.2, 0.25) is 5.02 Å². The van der Waals surface area contributed by atoms with Crippen molar-refractivity contribution >= 4 is 23.5 Å². The molecule has 0 bridgehead atoms. The number of rotatable bonds is 5. The number of nitro benzene ring substituents is 1. The third kappa shape index (κ3) is 3.73. The summed E-state index contributed by atoms with van der Waals surface area (Å²) in [5.41, 5.74) is 2.30.